The molecule has 0 spiro atoms. The molecule has 2 unspecified atom stereocenters. The maximum absolute atomic E-state index is 6.70. The van der Waals surface area contributed by atoms with Crippen molar-refractivity contribution >= 4 is 74.1 Å². The van der Waals surface area contributed by atoms with Crippen LogP contribution in [-0.2, 0) is 23.6 Å². The first-order valence-electron chi connectivity index (χ1n) is 10.8. The number of anilines is 3. The van der Waals surface area contributed by atoms with E-state index in [-0.39, 0.29) is 0 Å². The molecule has 3 aromatic rings. The fourth-order valence-corrected chi connectivity index (χ4v) is 13.2. The lowest BCUT2D eigenvalue weighted by Crippen LogP contribution is -2.45. The molecular formula is C25H28N2P2S2. The molecule has 0 saturated carbocycles. The number of hydrogen-bond acceptors (Lipinski definition) is 3. The van der Waals surface area contributed by atoms with Gasteiger partial charge in [-0.05, 0) is 49.8 Å². The van der Waals surface area contributed by atoms with Crippen molar-refractivity contribution < 1.29 is 0 Å². The third-order valence-corrected chi connectivity index (χ3v) is 15.7. The van der Waals surface area contributed by atoms with E-state index in [0.717, 1.165) is 13.1 Å². The monoisotopic (exact) mass is 482 g/mol. The van der Waals surface area contributed by atoms with Crippen LogP contribution in [0.4, 0.5) is 17.1 Å². The Morgan fingerprint density at radius 3 is 1.94 bits per heavy atom. The molecule has 0 radical (unpaired) electrons. The second-order valence-corrected chi connectivity index (χ2v) is 17.9. The summed E-state index contributed by atoms with van der Waals surface area (Å²) in [6, 6.07) is 18.5. The molecule has 2 heterocycles. The van der Waals surface area contributed by atoms with Crippen LogP contribution >= 0.6 is 12.2 Å². The summed E-state index contributed by atoms with van der Waals surface area (Å²) in [6.45, 7) is 13.0. The van der Waals surface area contributed by atoms with Gasteiger partial charge < -0.3 is 4.90 Å². The van der Waals surface area contributed by atoms with Gasteiger partial charge in [-0.2, -0.15) is 0 Å². The first-order chi connectivity index (χ1) is 14.7. The molecule has 0 aliphatic carbocycles. The topological polar surface area (TPSA) is 6.48 Å². The van der Waals surface area contributed by atoms with Crippen molar-refractivity contribution in [2.75, 3.05) is 24.7 Å². The summed E-state index contributed by atoms with van der Waals surface area (Å²) in [7, 11) is 0. The summed E-state index contributed by atoms with van der Waals surface area (Å²) in [5.41, 5.74) is 6.30. The van der Waals surface area contributed by atoms with E-state index in [0.29, 0.717) is 0 Å². The van der Waals surface area contributed by atoms with Crippen LogP contribution in [0.2, 0.25) is 0 Å². The molecule has 2 aliphatic rings. The highest BCUT2D eigenvalue weighted by Gasteiger charge is 2.45. The molecule has 0 fully saturated rings. The molecule has 31 heavy (non-hydrogen) atoms. The van der Waals surface area contributed by atoms with Crippen molar-refractivity contribution in [3.05, 3.63) is 65.7 Å². The Labute approximate surface area is 196 Å². The highest BCUT2D eigenvalue weighted by atomic mass is 32.4. The first kappa shape index (κ1) is 21.6. The molecule has 2 aliphatic heterocycles. The van der Waals surface area contributed by atoms with E-state index in [4.69, 9.17) is 23.6 Å². The smallest absolute Gasteiger partial charge is 0.0751 e. The quantitative estimate of drug-likeness (QED) is 0.477. The van der Waals surface area contributed by atoms with Crippen molar-refractivity contribution in [1.82, 2.24) is 4.67 Å². The van der Waals surface area contributed by atoms with Crippen LogP contribution in [0.15, 0.2) is 54.6 Å². The fourth-order valence-electron chi connectivity index (χ4n) is 5.14. The number of benzene rings is 3. The van der Waals surface area contributed by atoms with Gasteiger partial charge in [-0.15, -0.1) is 0 Å². The van der Waals surface area contributed by atoms with Crippen LogP contribution in [-0.4, -0.2) is 24.4 Å². The first-order valence-corrected chi connectivity index (χ1v) is 16.8. The number of rotatable bonds is 3. The molecule has 6 heteroatoms. The summed E-state index contributed by atoms with van der Waals surface area (Å²) < 4.78 is 2.52. The Balaban J connectivity index is 1.98. The molecule has 3 aromatic carbocycles. The number of fused-ring (bicyclic) bond motifs is 4. The maximum Gasteiger partial charge on any atom is 0.0751 e. The van der Waals surface area contributed by atoms with E-state index in [1.165, 1.54) is 49.4 Å². The average Bonchev–Trinajstić information content (AvgIpc) is 2.73. The lowest BCUT2D eigenvalue weighted by Gasteiger charge is -2.48. The largest absolute Gasteiger partial charge is 0.308 e. The molecule has 160 valence electrons. The van der Waals surface area contributed by atoms with Gasteiger partial charge in [-0.3, -0.25) is 4.67 Å². The zero-order valence-electron chi connectivity index (χ0n) is 18.7. The molecule has 0 N–H and O–H groups in total. The highest BCUT2D eigenvalue weighted by molar-refractivity contribution is 8.22. The predicted molar refractivity (Wildman–Crippen MR) is 147 cm³/mol. The lowest BCUT2D eigenvalue weighted by molar-refractivity contribution is 0.513. The van der Waals surface area contributed by atoms with E-state index < -0.39 is 12.2 Å². The Hall–Kier alpha value is -1.28. The zero-order chi connectivity index (χ0) is 22.1. The third-order valence-electron chi connectivity index (χ3n) is 6.66. The predicted octanol–water partition coefficient (Wildman–Crippen LogP) is 5.15. The summed E-state index contributed by atoms with van der Waals surface area (Å²) in [5, 5.41) is 5.23. The molecule has 0 amide bonds. The molecule has 5 rings (SSSR count). The molecule has 0 saturated heterocycles. The summed E-state index contributed by atoms with van der Waals surface area (Å²) in [4.78, 5) is 2.48. The fraction of sp³-hybridized carbons (Fsp3) is 0.280. The van der Waals surface area contributed by atoms with Gasteiger partial charge in [0, 0.05) is 40.3 Å². The van der Waals surface area contributed by atoms with Gasteiger partial charge in [-0.1, -0.05) is 73.9 Å². The molecule has 0 bridgehead atoms. The van der Waals surface area contributed by atoms with Gasteiger partial charge in [0.15, 0.2) is 0 Å². The van der Waals surface area contributed by atoms with Crippen LogP contribution in [0.1, 0.15) is 25.0 Å². The number of aryl methyl sites for hydroxylation is 2. The second kappa shape index (κ2) is 7.37. The number of hydrogen-bond donors (Lipinski definition) is 0. The number of para-hydroxylation sites is 1. The minimum atomic E-state index is -2.15. The van der Waals surface area contributed by atoms with Crippen LogP contribution in [0.3, 0.4) is 0 Å². The minimum Gasteiger partial charge on any atom is -0.308 e. The Morgan fingerprint density at radius 2 is 1.32 bits per heavy atom. The maximum atomic E-state index is 6.70. The van der Waals surface area contributed by atoms with E-state index >= 15 is 0 Å². The Kier molecular flexibility index (Phi) is 5.13. The Bertz CT molecular complexity index is 1330. The third kappa shape index (κ3) is 2.86. The van der Waals surface area contributed by atoms with E-state index in [1.54, 1.807) is 0 Å². The second-order valence-electron chi connectivity index (χ2n) is 8.60. The van der Waals surface area contributed by atoms with Crippen molar-refractivity contribution in [2.45, 2.75) is 27.7 Å². The van der Waals surface area contributed by atoms with Crippen LogP contribution < -0.4 is 26.1 Å². The molecule has 0 aromatic heterocycles. The lowest BCUT2D eigenvalue weighted by atomic mass is 10.1. The SMILES string of the molecule is CCN(CC)P1(=S)c2ccc(C)cc2N2c3cc(C)ccc3P(C)(=S)c3cccc1c32. The van der Waals surface area contributed by atoms with E-state index in [2.05, 4.69) is 98.5 Å². The molecular weight excluding hydrogens is 454 g/mol. The van der Waals surface area contributed by atoms with E-state index in [9.17, 15) is 0 Å². The van der Waals surface area contributed by atoms with Crippen molar-refractivity contribution in [3.63, 3.8) is 0 Å². The van der Waals surface area contributed by atoms with Crippen LogP contribution in [0, 0.1) is 13.8 Å². The van der Waals surface area contributed by atoms with Gasteiger partial charge in [-0.25, -0.2) is 0 Å². The van der Waals surface area contributed by atoms with Crippen molar-refractivity contribution in [2.24, 2.45) is 0 Å². The van der Waals surface area contributed by atoms with Gasteiger partial charge in [0.05, 0.1) is 23.3 Å². The van der Waals surface area contributed by atoms with Gasteiger partial charge in [0.1, 0.15) is 0 Å². The van der Waals surface area contributed by atoms with Crippen LogP contribution in [0.5, 0.6) is 0 Å². The molecule has 2 nitrogen and oxygen atoms in total. The molecule has 2 atom stereocenters. The Morgan fingerprint density at radius 1 is 0.774 bits per heavy atom. The van der Waals surface area contributed by atoms with Crippen LogP contribution in [0.25, 0.3) is 0 Å². The zero-order valence-corrected chi connectivity index (χ0v) is 22.1. The average molecular weight is 483 g/mol. The van der Waals surface area contributed by atoms with E-state index in [1.807, 2.05) is 0 Å². The van der Waals surface area contributed by atoms with Gasteiger partial charge >= 0.3 is 0 Å². The van der Waals surface area contributed by atoms with Crippen molar-refractivity contribution in [1.29, 1.82) is 0 Å². The van der Waals surface area contributed by atoms with Crippen molar-refractivity contribution in [3.8, 4) is 0 Å². The minimum absolute atomic E-state index is 0.945. The van der Waals surface area contributed by atoms with Gasteiger partial charge in [0.25, 0.3) is 0 Å². The normalized spacial score (nSPS) is 23.4. The number of nitrogens with zero attached hydrogens (tertiary/aromatic N) is 2. The summed E-state index contributed by atoms with van der Waals surface area (Å²) in [6.07, 6.45) is -2.15. The summed E-state index contributed by atoms with van der Waals surface area (Å²) in [5.74, 6) is 0. The van der Waals surface area contributed by atoms with Gasteiger partial charge in [0.2, 0.25) is 0 Å². The summed E-state index contributed by atoms with van der Waals surface area (Å²) >= 11 is 13.1. The highest BCUT2D eigenvalue weighted by Crippen LogP contribution is 2.61. The standard InChI is InChI=1S/C25H28N2P2S2/c1-6-26(7-2)29(31)22-14-12-18(4)16-20(22)27-19-15-17(3)11-13-21(19)28(5,30)23-9-8-10-24(29)25(23)27/h8-16H,6-7H2,1-5H3.